The third-order valence-corrected chi connectivity index (χ3v) is 7.93. The average molecular weight is 564 g/mol. The first-order chi connectivity index (χ1) is 17.9. The SMILES string of the molecule is C#CCn1nnc(SCC2=C(C(=O)O)N3C(=O)C(NC(=O)C(=NOC)c4csc(NC=O)n4)[C@@H]3SC2)n1. The highest BCUT2D eigenvalue weighted by molar-refractivity contribution is 8.01. The van der Waals surface area contributed by atoms with Gasteiger partial charge in [0.05, 0.1) is 0 Å². The van der Waals surface area contributed by atoms with E-state index in [1.807, 2.05) is 0 Å². The molecule has 192 valence electrons. The molecule has 0 aromatic carbocycles. The van der Waals surface area contributed by atoms with Crippen molar-refractivity contribution in [3.8, 4) is 12.3 Å². The molecule has 0 bridgehead atoms. The van der Waals surface area contributed by atoms with Crippen molar-refractivity contribution in [3.05, 3.63) is 22.3 Å². The number of terminal acetylenes is 1. The quantitative estimate of drug-likeness (QED) is 0.0771. The molecule has 2 aliphatic heterocycles. The molecule has 2 atom stereocenters. The summed E-state index contributed by atoms with van der Waals surface area (Å²) in [6, 6.07) is -0.986. The maximum absolute atomic E-state index is 13.0. The number of thiazole rings is 1. The molecule has 18 heteroatoms. The van der Waals surface area contributed by atoms with Gasteiger partial charge in [-0.15, -0.1) is 39.7 Å². The van der Waals surface area contributed by atoms with Crippen LogP contribution in [0.4, 0.5) is 5.13 Å². The van der Waals surface area contributed by atoms with Crippen molar-refractivity contribution in [2.45, 2.75) is 23.1 Å². The summed E-state index contributed by atoms with van der Waals surface area (Å²) < 4.78 is 0. The lowest BCUT2D eigenvalue weighted by Gasteiger charge is -2.49. The topological polar surface area (TPSA) is 194 Å². The first kappa shape index (κ1) is 26.1. The lowest BCUT2D eigenvalue weighted by molar-refractivity contribution is -0.150. The fraction of sp³-hybridized carbons (Fsp3) is 0.316. The highest BCUT2D eigenvalue weighted by Crippen LogP contribution is 2.41. The number of oxime groups is 1. The van der Waals surface area contributed by atoms with Crippen molar-refractivity contribution in [2.75, 3.05) is 23.9 Å². The van der Waals surface area contributed by atoms with E-state index in [0.717, 1.165) is 16.2 Å². The van der Waals surface area contributed by atoms with Crippen molar-refractivity contribution >= 4 is 69.9 Å². The normalized spacial score (nSPS) is 19.0. The number of amides is 3. The Labute approximate surface area is 221 Å². The van der Waals surface area contributed by atoms with Crippen LogP contribution >= 0.6 is 34.9 Å². The number of fused-ring (bicyclic) bond motifs is 1. The van der Waals surface area contributed by atoms with E-state index in [2.05, 4.69) is 42.1 Å². The van der Waals surface area contributed by atoms with Crippen LogP contribution in [-0.4, -0.2) is 95.1 Å². The predicted molar refractivity (Wildman–Crippen MR) is 132 cm³/mol. The maximum atomic E-state index is 13.0. The van der Waals surface area contributed by atoms with Crippen LogP contribution < -0.4 is 10.6 Å². The monoisotopic (exact) mass is 563 g/mol. The Kier molecular flexibility index (Phi) is 8.05. The highest BCUT2D eigenvalue weighted by atomic mass is 32.2. The van der Waals surface area contributed by atoms with Crippen LogP contribution in [0.3, 0.4) is 0 Å². The molecular weight excluding hydrogens is 546 g/mol. The smallest absolute Gasteiger partial charge is 0.352 e. The second-order valence-corrected chi connectivity index (χ2v) is 10.0. The molecule has 3 amide bonds. The Morgan fingerprint density at radius 1 is 1.49 bits per heavy atom. The number of aliphatic carboxylic acids is 1. The number of anilines is 1. The second-order valence-electron chi connectivity index (χ2n) is 7.14. The number of β-lactam (4-membered cyclic amide) rings is 1. The number of carbonyl (C=O) groups excluding carboxylic acids is 3. The Hall–Kier alpha value is -3.95. The number of thioether (sulfide) groups is 2. The predicted octanol–water partition coefficient (Wildman–Crippen LogP) is -0.787. The molecule has 2 aliphatic rings. The largest absolute Gasteiger partial charge is 0.477 e. The molecule has 2 aromatic heterocycles. The second kappa shape index (κ2) is 11.4. The molecule has 4 heterocycles. The van der Waals surface area contributed by atoms with E-state index in [1.54, 1.807) is 0 Å². The Morgan fingerprint density at radius 2 is 2.30 bits per heavy atom. The summed E-state index contributed by atoms with van der Waals surface area (Å²) in [4.78, 5) is 59.8. The summed E-state index contributed by atoms with van der Waals surface area (Å²) in [5, 5.41) is 31.7. The van der Waals surface area contributed by atoms with Gasteiger partial charge in [-0.1, -0.05) is 22.8 Å². The van der Waals surface area contributed by atoms with Crippen LogP contribution in [0.25, 0.3) is 0 Å². The molecule has 2 aromatic rings. The zero-order valence-electron chi connectivity index (χ0n) is 18.9. The van der Waals surface area contributed by atoms with Gasteiger partial charge in [-0.2, -0.15) is 4.80 Å². The zero-order valence-corrected chi connectivity index (χ0v) is 21.3. The molecule has 1 saturated heterocycles. The van der Waals surface area contributed by atoms with Crippen LogP contribution in [0.2, 0.25) is 0 Å². The van der Waals surface area contributed by atoms with Gasteiger partial charge in [0, 0.05) is 16.9 Å². The maximum Gasteiger partial charge on any atom is 0.352 e. The van der Waals surface area contributed by atoms with E-state index in [1.165, 1.54) is 40.8 Å². The fourth-order valence-electron chi connectivity index (χ4n) is 3.39. The number of carboxylic acid groups (broad SMARTS) is 1. The molecule has 15 nitrogen and oxygen atoms in total. The van der Waals surface area contributed by atoms with Gasteiger partial charge in [-0.05, 0) is 10.8 Å². The van der Waals surface area contributed by atoms with Crippen molar-refractivity contribution in [2.24, 2.45) is 5.16 Å². The number of rotatable bonds is 11. The van der Waals surface area contributed by atoms with Crippen molar-refractivity contribution < 1.29 is 29.1 Å². The number of carboxylic acids is 1. The number of nitrogens with one attached hydrogen (secondary N) is 2. The van der Waals surface area contributed by atoms with Crippen molar-refractivity contribution in [1.82, 2.24) is 35.4 Å². The summed E-state index contributed by atoms with van der Waals surface area (Å²) in [6.07, 6.45) is 5.66. The first-order valence-electron chi connectivity index (χ1n) is 10.2. The van der Waals surface area contributed by atoms with Crippen molar-refractivity contribution in [1.29, 1.82) is 0 Å². The van der Waals surface area contributed by atoms with Gasteiger partial charge in [-0.3, -0.25) is 19.3 Å². The minimum Gasteiger partial charge on any atom is -0.477 e. The first-order valence-corrected chi connectivity index (χ1v) is 13.1. The van der Waals surface area contributed by atoms with Crippen molar-refractivity contribution in [3.63, 3.8) is 0 Å². The van der Waals surface area contributed by atoms with Gasteiger partial charge >= 0.3 is 5.97 Å². The Morgan fingerprint density at radius 3 is 3.00 bits per heavy atom. The summed E-state index contributed by atoms with van der Waals surface area (Å²) in [6.45, 7) is 0.152. The van der Waals surface area contributed by atoms with Crippen LogP contribution in [0.1, 0.15) is 5.69 Å². The zero-order chi connectivity index (χ0) is 26.5. The Balaban J connectivity index is 1.46. The number of tetrazole rings is 1. The van der Waals surface area contributed by atoms with Gasteiger partial charge in [-0.25, -0.2) is 9.78 Å². The Bertz CT molecular complexity index is 1350. The van der Waals surface area contributed by atoms with E-state index < -0.39 is 29.2 Å². The molecule has 3 N–H and O–H groups in total. The van der Waals surface area contributed by atoms with Crippen LogP contribution in [-0.2, 0) is 30.6 Å². The van der Waals surface area contributed by atoms with Crippen LogP contribution in [0.5, 0.6) is 0 Å². The number of hydrogen-bond donors (Lipinski definition) is 3. The van der Waals surface area contributed by atoms with E-state index in [-0.39, 0.29) is 34.5 Å². The van der Waals surface area contributed by atoms with E-state index in [9.17, 15) is 24.3 Å². The molecule has 4 rings (SSSR count). The average Bonchev–Trinajstić information content (AvgIpc) is 3.53. The number of hydrogen-bond acceptors (Lipinski definition) is 13. The number of carbonyl (C=O) groups is 4. The molecule has 37 heavy (non-hydrogen) atoms. The molecule has 0 spiro atoms. The van der Waals surface area contributed by atoms with Gasteiger partial charge in [0.1, 0.15) is 36.5 Å². The number of nitrogens with zero attached hydrogens (tertiary/aromatic N) is 7. The summed E-state index contributed by atoms with van der Waals surface area (Å²) in [7, 11) is 1.24. The minimum absolute atomic E-state index is 0.131. The molecule has 0 aliphatic carbocycles. The summed E-state index contributed by atoms with van der Waals surface area (Å²) in [5.41, 5.74) is 0.287. The summed E-state index contributed by atoms with van der Waals surface area (Å²) in [5.74, 6) is 0.322. The summed E-state index contributed by atoms with van der Waals surface area (Å²) >= 11 is 3.55. The van der Waals surface area contributed by atoms with Crippen LogP contribution in [0.15, 0.2) is 27.0 Å². The van der Waals surface area contributed by atoms with E-state index >= 15 is 0 Å². The molecule has 0 radical (unpaired) electrons. The van der Waals surface area contributed by atoms with Gasteiger partial charge < -0.3 is 20.6 Å². The number of aromatic nitrogens is 5. The fourth-order valence-corrected chi connectivity index (χ4v) is 6.30. The van der Waals surface area contributed by atoms with E-state index in [0.29, 0.717) is 22.9 Å². The standard InChI is InChI=1S/C19H17N9O6S3/c1-3-4-27-24-19(23-26-27)36-6-9-5-35-16-12(15(31)28(16)13(9)17(32)33)22-14(30)11(25-34-2)10-7-37-18(21-10)20-8-29/h1,7-8,12,16H,4-6H2,2H3,(H,22,30)(H,32,33)(H,20,21,29)/t12?,16-/m0/s1. The van der Waals surface area contributed by atoms with Gasteiger partial charge in [0.15, 0.2) is 10.8 Å². The van der Waals surface area contributed by atoms with Crippen LogP contribution in [0, 0.1) is 12.3 Å². The third-order valence-electron chi connectivity index (χ3n) is 4.91. The molecule has 1 unspecified atom stereocenters. The third kappa shape index (κ3) is 5.42. The molecule has 1 fully saturated rings. The lowest BCUT2D eigenvalue weighted by atomic mass is 10.0. The molecular formula is C19H17N9O6S3. The van der Waals surface area contributed by atoms with E-state index in [4.69, 9.17) is 11.3 Å². The highest BCUT2D eigenvalue weighted by Gasteiger charge is 2.54. The lowest BCUT2D eigenvalue weighted by Crippen LogP contribution is -2.71. The molecule has 0 saturated carbocycles. The minimum atomic E-state index is -1.26. The van der Waals surface area contributed by atoms with Gasteiger partial charge in [0.25, 0.3) is 11.8 Å². The van der Waals surface area contributed by atoms with Gasteiger partial charge in [0.2, 0.25) is 11.6 Å².